The minimum atomic E-state index is -0.390. The summed E-state index contributed by atoms with van der Waals surface area (Å²) in [6, 6.07) is 8.70. The zero-order chi connectivity index (χ0) is 8.81. The lowest BCUT2D eigenvalue weighted by atomic mass is 10.2. The fourth-order valence-electron chi connectivity index (χ4n) is 0.775. The summed E-state index contributed by atoms with van der Waals surface area (Å²) < 4.78 is 4.70. The smallest absolute Gasteiger partial charge is 0.338 e. The van der Waals surface area contributed by atoms with Gasteiger partial charge >= 0.3 is 5.97 Å². The quantitative estimate of drug-likeness (QED) is 0.542. The lowest BCUT2D eigenvalue weighted by Crippen LogP contribution is -2.06. The van der Waals surface area contributed by atoms with Crippen molar-refractivity contribution in [2.75, 3.05) is 6.61 Å². The Morgan fingerprint density at radius 3 is 2.67 bits per heavy atom. The second kappa shape index (κ2) is 4.28. The summed E-state index contributed by atoms with van der Waals surface area (Å²) in [6.45, 7) is 0.0354. The molecule has 0 atom stereocenters. The van der Waals surface area contributed by atoms with Crippen LogP contribution in [-0.2, 0) is 4.74 Å². The number of hydrogen-bond acceptors (Lipinski definition) is 3. The van der Waals surface area contributed by atoms with Gasteiger partial charge in [0.15, 0.2) is 0 Å². The van der Waals surface area contributed by atoms with Crippen LogP contribution in [0.3, 0.4) is 0 Å². The minimum Gasteiger partial charge on any atom is -0.456 e. The maximum Gasteiger partial charge on any atom is 0.338 e. The van der Waals surface area contributed by atoms with E-state index in [-0.39, 0.29) is 12.6 Å². The van der Waals surface area contributed by atoms with Crippen molar-refractivity contribution in [3.63, 3.8) is 0 Å². The standard InChI is InChI=1S/C9H9NO2/c10-6-7-12-9(11)8-4-2-1-3-5-8/h1-6,10H,7H2. The van der Waals surface area contributed by atoms with Crippen molar-refractivity contribution in [2.45, 2.75) is 0 Å². The third-order valence-corrected chi connectivity index (χ3v) is 1.31. The van der Waals surface area contributed by atoms with Crippen LogP contribution < -0.4 is 0 Å². The molecule has 12 heavy (non-hydrogen) atoms. The summed E-state index contributed by atoms with van der Waals surface area (Å²) in [4.78, 5) is 11.1. The van der Waals surface area contributed by atoms with Gasteiger partial charge in [-0.05, 0) is 12.1 Å². The summed E-state index contributed by atoms with van der Waals surface area (Å²) in [5.41, 5.74) is 0.513. The molecule has 3 nitrogen and oxygen atoms in total. The maximum absolute atomic E-state index is 11.1. The summed E-state index contributed by atoms with van der Waals surface area (Å²) in [7, 11) is 0. The van der Waals surface area contributed by atoms with Crippen LogP contribution in [-0.4, -0.2) is 18.8 Å². The van der Waals surface area contributed by atoms with Crippen LogP contribution in [0.1, 0.15) is 10.4 Å². The lowest BCUT2D eigenvalue weighted by molar-refractivity contribution is 0.0566. The molecule has 1 N–H and O–H groups in total. The molecule has 0 spiro atoms. The van der Waals surface area contributed by atoms with Gasteiger partial charge in [0.1, 0.15) is 6.61 Å². The highest BCUT2D eigenvalue weighted by atomic mass is 16.5. The summed E-state index contributed by atoms with van der Waals surface area (Å²) in [5, 5.41) is 6.66. The van der Waals surface area contributed by atoms with Crippen molar-refractivity contribution in [3.05, 3.63) is 35.9 Å². The monoisotopic (exact) mass is 163 g/mol. The second-order valence-electron chi connectivity index (χ2n) is 2.17. The van der Waals surface area contributed by atoms with Crippen molar-refractivity contribution in [2.24, 2.45) is 0 Å². The van der Waals surface area contributed by atoms with Gasteiger partial charge < -0.3 is 10.1 Å². The molecule has 0 saturated heterocycles. The van der Waals surface area contributed by atoms with Crippen LogP contribution in [0.5, 0.6) is 0 Å². The minimum absolute atomic E-state index is 0.0354. The van der Waals surface area contributed by atoms with E-state index < -0.39 is 0 Å². The Kier molecular flexibility index (Phi) is 3.02. The molecule has 62 valence electrons. The first-order valence-electron chi connectivity index (χ1n) is 3.55. The number of hydrogen-bond donors (Lipinski definition) is 1. The molecular weight excluding hydrogens is 154 g/mol. The normalized spacial score (nSPS) is 9.00. The molecular formula is C9H9NO2. The number of ether oxygens (including phenoxy) is 1. The Morgan fingerprint density at radius 2 is 2.08 bits per heavy atom. The Hall–Kier alpha value is -1.64. The van der Waals surface area contributed by atoms with E-state index in [0.717, 1.165) is 6.21 Å². The maximum atomic E-state index is 11.1. The first-order valence-corrected chi connectivity index (χ1v) is 3.55. The van der Waals surface area contributed by atoms with E-state index in [9.17, 15) is 4.79 Å². The van der Waals surface area contributed by atoms with Gasteiger partial charge in [0, 0.05) is 6.21 Å². The molecule has 0 bridgehead atoms. The molecule has 0 fully saturated rings. The zero-order valence-corrected chi connectivity index (χ0v) is 6.49. The first-order chi connectivity index (χ1) is 5.84. The first kappa shape index (κ1) is 8.46. The number of carbonyl (C=O) groups is 1. The van der Waals surface area contributed by atoms with E-state index >= 15 is 0 Å². The van der Waals surface area contributed by atoms with Crippen molar-refractivity contribution >= 4 is 12.2 Å². The van der Waals surface area contributed by atoms with E-state index in [0.29, 0.717) is 5.56 Å². The molecule has 1 rings (SSSR count). The lowest BCUT2D eigenvalue weighted by Gasteiger charge is -1.99. The zero-order valence-electron chi connectivity index (χ0n) is 6.49. The Morgan fingerprint density at radius 1 is 1.42 bits per heavy atom. The summed E-state index contributed by atoms with van der Waals surface area (Å²) in [5.74, 6) is -0.390. The molecule has 0 radical (unpaired) electrons. The average molecular weight is 163 g/mol. The van der Waals surface area contributed by atoms with Crippen LogP contribution in [0, 0.1) is 5.41 Å². The molecule has 0 aliphatic rings. The Labute approximate surface area is 70.5 Å². The summed E-state index contributed by atoms with van der Waals surface area (Å²) >= 11 is 0. The van der Waals surface area contributed by atoms with Gasteiger partial charge in [0.05, 0.1) is 5.56 Å². The highest BCUT2D eigenvalue weighted by Gasteiger charge is 2.03. The Bertz CT molecular complexity index is 269. The van der Waals surface area contributed by atoms with Gasteiger partial charge in [-0.1, -0.05) is 18.2 Å². The molecule has 3 heteroatoms. The SMILES string of the molecule is N=CCOC(=O)c1ccccc1. The van der Waals surface area contributed by atoms with Crippen LogP contribution in [0.4, 0.5) is 0 Å². The number of benzene rings is 1. The van der Waals surface area contributed by atoms with Crippen molar-refractivity contribution in [1.29, 1.82) is 5.41 Å². The van der Waals surface area contributed by atoms with Crippen LogP contribution in [0.2, 0.25) is 0 Å². The van der Waals surface area contributed by atoms with Gasteiger partial charge in [-0.3, -0.25) is 0 Å². The molecule has 0 saturated carbocycles. The molecule has 0 aliphatic heterocycles. The number of rotatable bonds is 3. The van der Waals surface area contributed by atoms with Gasteiger partial charge in [0.25, 0.3) is 0 Å². The predicted molar refractivity (Wildman–Crippen MR) is 45.5 cm³/mol. The fourth-order valence-corrected chi connectivity index (χ4v) is 0.775. The van der Waals surface area contributed by atoms with E-state index in [1.165, 1.54) is 0 Å². The van der Waals surface area contributed by atoms with Gasteiger partial charge in [-0.2, -0.15) is 0 Å². The van der Waals surface area contributed by atoms with E-state index in [4.69, 9.17) is 10.1 Å². The number of esters is 1. The van der Waals surface area contributed by atoms with Gasteiger partial charge in [-0.25, -0.2) is 4.79 Å². The van der Waals surface area contributed by atoms with Gasteiger partial charge in [0.2, 0.25) is 0 Å². The second-order valence-corrected chi connectivity index (χ2v) is 2.17. The fraction of sp³-hybridized carbons (Fsp3) is 0.111. The van der Waals surface area contributed by atoms with Crippen LogP contribution in [0.25, 0.3) is 0 Å². The molecule has 0 aliphatic carbocycles. The van der Waals surface area contributed by atoms with E-state index in [1.54, 1.807) is 24.3 Å². The van der Waals surface area contributed by atoms with Crippen LogP contribution in [0.15, 0.2) is 30.3 Å². The van der Waals surface area contributed by atoms with Gasteiger partial charge in [-0.15, -0.1) is 0 Å². The van der Waals surface area contributed by atoms with Crippen molar-refractivity contribution in [1.82, 2.24) is 0 Å². The topological polar surface area (TPSA) is 50.1 Å². The largest absolute Gasteiger partial charge is 0.456 e. The van der Waals surface area contributed by atoms with E-state index in [1.807, 2.05) is 6.07 Å². The molecule has 1 aromatic carbocycles. The predicted octanol–water partition coefficient (Wildman–Crippen LogP) is 1.49. The van der Waals surface area contributed by atoms with Crippen molar-refractivity contribution in [3.8, 4) is 0 Å². The molecule has 1 aromatic rings. The average Bonchev–Trinajstić information content (AvgIpc) is 2.15. The highest BCUT2D eigenvalue weighted by Crippen LogP contribution is 1.99. The molecule has 0 heterocycles. The molecule has 0 amide bonds. The molecule has 0 unspecified atom stereocenters. The third kappa shape index (κ3) is 2.20. The number of nitrogens with one attached hydrogen (secondary N) is 1. The highest BCUT2D eigenvalue weighted by molar-refractivity contribution is 5.89. The van der Waals surface area contributed by atoms with E-state index in [2.05, 4.69) is 0 Å². The van der Waals surface area contributed by atoms with Crippen LogP contribution >= 0.6 is 0 Å². The van der Waals surface area contributed by atoms with Crippen molar-refractivity contribution < 1.29 is 9.53 Å². The summed E-state index contributed by atoms with van der Waals surface area (Å²) in [6.07, 6.45) is 1.04. The third-order valence-electron chi connectivity index (χ3n) is 1.31. The Balaban J connectivity index is 2.59. The molecule has 0 aromatic heterocycles. The number of carbonyl (C=O) groups excluding carboxylic acids is 1.